The van der Waals surface area contributed by atoms with Gasteiger partial charge in [0.15, 0.2) is 15.4 Å². The van der Waals surface area contributed by atoms with Gasteiger partial charge in [-0.05, 0) is 42.0 Å². The fraction of sp³-hybridized carbons (Fsp3) is 0.200. The smallest absolute Gasteiger partial charge is 0.246 e. The molecule has 1 N–H and O–H groups in total. The molecule has 0 aliphatic carbocycles. The van der Waals surface area contributed by atoms with Gasteiger partial charge in [-0.15, -0.1) is 0 Å². The Bertz CT molecular complexity index is 1340. The highest BCUT2D eigenvalue weighted by molar-refractivity contribution is 7.91. The van der Waals surface area contributed by atoms with Gasteiger partial charge in [-0.3, -0.25) is 9.69 Å². The third kappa shape index (κ3) is 4.67. The van der Waals surface area contributed by atoms with Gasteiger partial charge in [0.2, 0.25) is 11.8 Å². The molecule has 1 fully saturated rings. The Morgan fingerprint density at radius 2 is 1.58 bits per heavy atom. The van der Waals surface area contributed by atoms with E-state index in [1.807, 2.05) is 83.8 Å². The minimum atomic E-state index is -3.05. The van der Waals surface area contributed by atoms with Crippen molar-refractivity contribution >= 4 is 32.5 Å². The van der Waals surface area contributed by atoms with Crippen molar-refractivity contribution in [2.75, 3.05) is 29.9 Å². The average Bonchev–Trinajstić information content (AvgIpc) is 3.26. The summed E-state index contributed by atoms with van der Waals surface area (Å²) in [5.41, 5.74) is 3.80. The number of rotatable bonds is 5. The van der Waals surface area contributed by atoms with E-state index in [2.05, 4.69) is 10.3 Å². The molecule has 1 amide bonds. The fourth-order valence-electron chi connectivity index (χ4n) is 4.05. The number of nitrogens with one attached hydrogen (secondary N) is 1. The number of carbonyl (C=O) groups is 1. The number of aromatic nitrogens is 1. The second kappa shape index (κ2) is 8.80. The summed E-state index contributed by atoms with van der Waals surface area (Å²) in [7, 11) is -3.05. The molecule has 1 aliphatic rings. The summed E-state index contributed by atoms with van der Waals surface area (Å²) in [5, 5.41) is 2.98. The van der Waals surface area contributed by atoms with E-state index in [1.165, 1.54) is 0 Å². The van der Waals surface area contributed by atoms with Crippen molar-refractivity contribution in [2.24, 2.45) is 0 Å². The first-order valence-electron chi connectivity index (χ1n) is 10.7. The predicted octanol–water partition coefficient (Wildman–Crippen LogP) is 3.91. The van der Waals surface area contributed by atoms with Crippen LogP contribution in [-0.4, -0.2) is 48.8 Å². The van der Waals surface area contributed by atoms with Gasteiger partial charge in [-0.2, -0.15) is 0 Å². The van der Waals surface area contributed by atoms with Gasteiger partial charge in [0.25, 0.3) is 0 Å². The van der Waals surface area contributed by atoms with Gasteiger partial charge in [0.05, 0.1) is 11.5 Å². The third-order valence-corrected chi connectivity index (χ3v) is 7.41. The normalized spacial score (nSPS) is 17.0. The topological polar surface area (TPSA) is 92.5 Å². The van der Waals surface area contributed by atoms with Crippen molar-refractivity contribution in [1.82, 2.24) is 9.88 Å². The summed E-state index contributed by atoms with van der Waals surface area (Å²) in [6.45, 7) is 0.651. The van der Waals surface area contributed by atoms with Gasteiger partial charge >= 0.3 is 0 Å². The van der Waals surface area contributed by atoms with Crippen LogP contribution in [0.25, 0.3) is 22.6 Å². The monoisotopic (exact) mass is 461 g/mol. The molecule has 168 valence electrons. The molecule has 8 heteroatoms. The second-order valence-corrected chi connectivity index (χ2v) is 10.4. The third-order valence-electron chi connectivity index (χ3n) is 5.80. The molecule has 5 rings (SSSR count). The van der Waals surface area contributed by atoms with Gasteiger partial charge in [0, 0.05) is 24.3 Å². The molecule has 0 saturated carbocycles. The van der Waals surface area contributed by atoms with E-state index in [0.717, 1.165) is 22.2 Å². The summed E-state index contributed by atoms with van der Waals surface area (Å²) in [6.07, 6.45) is 0. The standard InChI is InChI=1S/C25H23N3O4S/c29-24(23(18-6-2-1-3-7-18)28-14-16-33(30,31)17-15-28)26-20-12-10-19(11-13-20)25-27-21-8-4-5-9-22(21)32-25/h1-13,23H,14-17H2,(H,26,29). The number of para-hydroxylation sites is 2. The molecule has 1 aliphatic heterocycles. The fourth-order valence-corrected chi connectivity index (χ4v) is 5.28. The van der Waals surface area contributed by atoms with Crippen LogP contribution in [0.1, 0.15) is 11.6 Å². The SMILES string of the molecule is O=C(Nc1ccc(-c2nc3ccccc3o2)cc1)C(c1ccccc1)N1CCS(=O)(=O)CC1. The zero-order valence-corrected chi connectivity index (χ0v) is 18.7. The van der Waals surface area contributed by atoms with E-state index in [-0.39, 0.29) is 17.4 Å². The molecule has 3 aromatic carbocycles. The Hall–Kier alpha value is -3.49. The minimum Gasteiger partial charge on any atom is -0.436 e. The maximum absolute atomic E-state index is 13.3. The number of fused-ring (bicyclic) bond motifs is 1. The van der Waals surface area contributed by atoms with Crippen LogP contribution < -0.4 is 5.32 Å². The molecule has 0 spiro atoms. The first kappa shape index (κ1) is 21.4. The zero-order chi connectivity index (χ0) is 22.8. The van der Waals surface area contributed by atoms with Crippen molar-refractivity contribution in [3.8, 4) is 11.5 Å². The number of carbonyl (C=O) groups excluding carboxylic acids is 1. The molecular formula is C25H23N3O4S. The van der Waals surface area contributed by atoms with E-state index < -0.39 is 15.9 Å². The van der Waals surface area contributed by atoms with Crippen molar-refractivity contribution < 1.29 is 17.6 Å². The molecule has 2 heterocycles. The second-order valence-electron chi connectivity index (χ2n) is 8.05. The Kier molecular flexibility index (Phi) is 5.70. The van der Waals surface area contributed by atoms with Crippen LogP contribution in [0.2, 0.25) is 0 Å². The summed E-state index contributed by atoms with van der Waals surface area (Å²) in [5.74, 6) is 0.437. The maximum atomic E-state index is 13.3. The maximum Gasteiger partial charge on any atom is 0.246 e. The largest absolute Gasteiger partial charge is 0.436 e. The summed E-state index contributed by atoms with van der Waals surface area (Å²) in [4.78, 5) is 19.7. The van der Waals surface area contributed by atoms with Crippen LogP contribution in [0.15, 0.2) is 83.3 Å². The molecule has 4 aromatic rings. The number of hydrogen-bond acceptors (Lipinski definition) is 6. The Morgan fingerprint density at radius 1 is 0.909 bits per heavy atom. The highest BCUT2D eigenvalue weighted by Crippen LogP contribution is 2.27. The average molecular weight is 462 g/mol. The highest BCUT2D eigenvalue weighted by Gasteiger charge is 2.32. The zero-order valence-electron chi connectivity index (χ0n) is 17.8. The number of nitrogens with zero attached hydrogens (tertiary/aromatic N) is 2. The van der Waals surface area contributed by atoms with Crippen molar-refractivity contribution in [3.05, 3.63) is 84.4 Å². The summed E-state index contributed by atoms with van der Waals surface area (Å²) < 4.78 is 29.6. The number of amides is 1. The summed E-state index contributed by atoms with van der Waals surface area (Å²) >= 11 is 0. The van der Waals surface area contributed by atoms with E-state index in [9.17, 15) is 13.2 Å². The lowest BCUT2D eigenvalue weighted by Crippen LogP contribution is -2.46. The first-order valence-corrected chi connectivity index (χ1v) is 12.6. The van der Waals surface area contributed by atoms with E-state index in [1.54, 1.807) is 0 Å². The van der Waals surface area contributed by atoms with Crippen molar-refractivity contribution in [1.29, 1.82) is 0 Å². The Balaban J connectivity index is 1.35. The van der Waals surface area contributed by atoms with Crippen LogP contribution in [-0.2, 0) is 14.6 Å². The molecule has 1 aromatic heterocycles. The number of oxazole rings is 1. The molecule has 33 heavy (non-hydrogen) atoms. The number of anilines is 1. The Morgan fingerprint density at radius 3 is 2.27 bits per heavy atom. The molecule has 1 saturated heterocycles. The van der Waals surface area contributed by atoms with E-state index >= 15 is 0 Å². The number of hydrogen-bond donors (Lipinski definition) is 1. The van der Waals surface area contributed by atoms with Crippen LogP contribution >= 0.6 is 0 Å². The Labute approximate surface area is 192 Å². The first-order chi connectivity index (χ1) is 16.0. The molecule has 0 radical (unpaired) electrons. The van der Waals surface area contributed by atoms with E-state index in [4.69, 9.17) is 4.42 Å². The van der Waals surface area contributed by atoms with Gasteiger partial charge in [-0.25, -0.2) is 13.4 Å². The molecule has 0 bridgehead atoms. The molecular weight excluding hydrogens is 438 g/mol. The number of benzene rings is 3. The lowest BCUT2D eigenvalue weighted by molar-refractivity contribution is -0.121. The summed E-state index contributed by atoms with van der Waals surface area (Å²) in [6, 6.07) is 23.8. The number of sulfone groups is 1. The van der Waals surface area contributed by atoms with Crippen LogP contribution in [0.4, 0.5) is 5.69 Å². The van der Waals surface area contributed by atoms with Crippen LogP contribution in [0.5, 0.6) is 0 Å². The molecule has 1 atom stereocenters. The molecule has 1 unspecified atom stereocenters. The van der Waals surface area contributed by atoms with Gasteiger partial charge in [-0.1, -0.05) is 42.5 Å². The minimum absolute atomic E-state index is 0.0583. The van der Waals surface area contributed by atoms with E-state index in [0.29, 0.717) is 24.7 Å². The highest BCUT2D eigenvalue weighted by atomic mass is 32.2. The lowest BCUT2D eigenvalue weighted by atomic mass is 10.0. The predicted molar refractivity (Wildman–Crippen MR) is 127 cm³/mol. The van der Waals surface area contributed by atoms with Crippen molar-refractivity contribution in [3.63, 3.8) is 0 Å². The van der Waals surface area contributed by atoms with Crippen molar-refractivity contribution in [2.45, 2.75) is 6.04 Å². The lowest BCUT2D eigenvalue weighted by Gasteiger charge is -2.33. The molecule has 7 nitrogen and oxygen atoms in total. The van der Waals surface area contributed by atoms with Crippen LogP contribution in [0, 0.1) is 0 Å². The van der Waals surface area contributed by atoms with Crippen LogP contribution in [0.3, 0.4) is 0 Å². The van der Waals surface area contributed by atoms with Gasteiger partial charge < -0.3 is 9.73 Å². The quantitative estimate of drug-likeness (QED) is 0.485. The van der Waals surface area contributed by atoms with Gasteiger partial charge in [0.1, 0.15) is 11.6 Å².